The van der Waals surface area contributed by atoms with Crippen LogP contribution < -0.4 is 10.6 Å². The van der Waals surface area contributed by atoms with E-state index in [0.29, 0.717) is 11.6 Å². The standard InChI is InChI=1S/C11H18N4O.ClH/c1-8-5-12-4-3-9(8)14-11(16)10-6-15(2)7-13-10;/h6-9,12H,3-5H2,1-2H3,(H,14,16);1H. The number of imidazole rings is 1. The van der Waals surface area contributed by atoms with Crippen LogP contribution in [0.15, 0.2) is 12.5 Å². The number of rotatable bonds is 2. The van der Waals surface area contributed by atoms with Crippen molar-refractivity contribution in [2.75, 3.05) is 13.1 Å². The van der Waals surface area contributed by atoms with Crippen LogP contribution in [-0.4, -0.2) is 34.6 Å². The Morgan fingerprint density at radius 2 is 2.41 bits per heavy atom. The maximum absolute atomic E-state index is 11.9. The van der Waals surface area contributed by atoms with Crippen LogP contribution in [0, 0.1) is 5.92 Å². The number of nitrogens with zero attached hydrogens (tertiary/aromatic N) is 2. The lowest BCUT2D eigenvalue weighted by Crippen LogP contribution is -2.48. The molecule has 1 amide bonds. The fourth-order valence-electron chi connectivity index (χ4n) is 2.00. The summed E-state index contributed by atoms with van der Waals surface area (Å²) in [7, 11) is 1.86. The third kappa shape index (κ3) is 3.44. The first-order valence-electron chi connectivity index (χ1n) is 5.66. The average Bonchev–Trinajstić information content (AvgIpc) is 2.68. The predicted octanol–water partition coefficient (Wildman–Crippen LogP) is 0.570. The number of halogens is 1. The molecule has 2 rings (SSSR count). The van der Waals surface area contributed by atoms with Gasteiger partial charge in [0.1, 0.15) is 5.69 Å². The molecular weight excluding hydrogens is 240 g/mol. The zero-order valence-electron chi connectivity index (χ0n) is 10.1. The molecule has 2 unspecified atom stereocenters. The fourth-order valence-corrected chi connectivity index (χ4v) is 2.00. The lowest BCUT2D eigenvalue weighted by atomic mass is 9.95. The third-order valence-corrected chi connectivity index (χ3v) is 3.04. The van der Waals surface area contributed by atoms with Crippen LogP contribution >= 0.6 is 12.4 Å². The molecule has 1 aliphatic heterocycles. The summed E-state index contributed by atoms with van der Waals surface area (Å²) in [6, 6.07) is 0.260. The summed E-state index contributed by atoms with van der Waals surface area (Å²) in [5, 5.41) is 6.35. The topological polar surface area (TPSA) is 58.9 Å². The molecule has 1 aliphatic rings. The van der Waals surface area contributed by atoms with Crippen molar-refractivity contribution >= 4 is 18.3 Å². The maximum atomic E-state index is 11.9. The predicted molar refractivity (Wildman–Crippen MR) is 68.4 cm³/mol. The summed E-state index contributed by atoms with van der Waals surface area (Å²) in [5.41, 5.74) is 0.494. The van der Waals surface area contributed by atoms with Crippen LogP contribution in [-0.2, 0) is 7.05 Å². The highest BCUT2D eigenvalue weighted by Gasteiger charge is 2.23. The summed E-state index contributed by atoms with van der Waals surface area (Å²) in [6.07, 6.45) is 4.36. The number of aryl methyl sites for hydroxylation is 1. The molecule has 6 heteroatoms. The molecule has 1 saturated heterocycles. The molecule has 1 aromatic heterocycles. The summed E-state index contributed by atoms with van der Waals surface area (Å²) in [4.78, 5) is 15.9. The minimum absolute atomic E-state index is 0. The normalized spacial score (nSPS) is 23.9. The van der Waals surface area contributed by atoms with E-state index in [2.05, 4.69) is 22.5 Å². The molecule has 0 bridgehead atoms. The van der Waals surface area contributed by atoms with Gasteiger partial charge in [0, 0.05) is 19.3 Å². The Kier molecular flexibility index (Phi) is 4.96. The Balaban J connectivity index is 0.00000144. The molecule has 2 heterocycles. The first-order chi connectivity index (χ1) is 7.66. The van der Waals surface area contributed by atoms with E-state index in [0.717, 1.165) is 19.5 Å². The van der Waals surface area contributed by atoms with Gasteiger partial charge in [0.25, 0.3) is 5.91 Å². The van der Waals surface area contributed by atoms with Crippen molar-refractivity contribution in [2.45, 2.75) is 19.4 Å². The molecule has 2 atom stereocenters. The molecule has 0 spiro atoms. The summed E-state index contributed by atoms with van der Waals surface area (Å²) < 4.78 is 1.78. The van der Waals surface area contributed by atoms with Gasteiger partial charge in [0.2, 0.25) is 0 Å². The van der Waals surface area contributed by atoms with E-state index in [-0.39, 0.29) is 24.4 Å². The highest BCUT2D eigenvalue weighted by atomic mass is 35.5. The van der Waals surface area contributed by atoms with Crippen LogP contribution in [0.3, 0.4) is 0 Å². The molecule has 0 aromatic carbocycles. The molecule has 1 fully saturated rings. The molecule has 0 saturated carbocycles. The number of piperidine rings is 1. The Labute approximate surface area is 107 Å². The molecule has 96 valence electrons. The smallest absolute Gasteiger partial charge is 0.271 e. The lowest BCUT2D eigenvalue weighted by molar-refractivity contribution is 0.0909. The third-order valence-electron chi connectivity index (χ3n) is 3.04. The van der Waals surface area contributed by atoms with E-state index in [1.165, 1.54) is 0 Å². The number of aromatic nitrogens is 2. The van der Waals surface area contributed by atoms with Crippen LogP contribution in [0.2, 0.25) is 0 Å². The van der Waals surface area contributed by atoms with Gasteiger partial charge in [-0.15, -0.1) is 12.4 Å². The van der Waals surface area contributed by atoms with Gasteiger partial charge >= 0.3 is 0 Å². The summed E-state index contributed by atoms with van der Waals surface area (Å²) in [5.74, 6) is 0.403. The van der Waals surface area contributed by atoms with Gasteiger partial charge in [-0.3, -0.25) is 4.79 Å². The first-order valence-corrected chi connectivity index (χ1v) is 5.66. The SMILES string of the molecule is CC1CNCCC1NC(=O)c1cn(C)cn1.Cl. The molecule has 17 heavy (non-hydrogen) atoms. The number of carbonyl (C=O) groups is 1. The van der Waals surface area contributed by atoms with Gasteiger partial charge in [-0.25, -0.2) is 4.98 Å². The highest BCUT2D eigenvalue weighted by Crippen LogP contribution is 2.10. The van der Waals surface area contributed by atoms with Gasteiger partial charge in [0.05, 0.1) is 6.33 Å². The van der Waals surface area contributed by atoms with Crippen LogP contribution in [0.5, 0.6) is 0 Å². The zero-order chi connectivity index (χ0) is 11.5. The van der Waals surface area contributed by atoms with Crippen molar-refractivity contribution in [1.29, 1.82) is 0 Å². The van der Waals surface area contributed by atoms with Crippen molar-refractivity contribution in [3.8, 4) is 0 Å². The van der Waals surface area contributed by atoms with Crippen LogP contribution in [0.1, 0.15) is 23.8 Å². The number of nitrogens with one attached hydrogen (secondary N) is 2. The molecule has 2 N–H and O–H groups in total. The van der Waals surface area contributed by atoms with Gasteiger partial charge in [0.15, 0.2) is 0 Å². The quantitative estimate of drug-likeness (QED) is 0.816. The van der Waals surface area contributed by atoms with Crippen LogP contribution in [0.25, 0.3) is 0 Å². The van der Waals surface area contributed by atoms with Crippen molar-refractivity contribution in [3.63, 3.8) is 0 Å². The molecular formula is C11H19ClN4O. The number of carbonyl (C=O) groups excluding carboxylic acids is 1. The minimum Gasteiger partial charge on any atom is -0.348 e. The summed E-state index contributed by atoms with van der Waals surface area (Å²) >= 11 is 0. The second kappa shape index (κ2) is 6.02. The fraction of sp³-hybridized carbons (Fsp3) is 0.636. The van der Waals surface area contributed by atoms with Gasteiger partial charge in [-0.1, -0.05) is 6.92 Å². The van der Waals surface area contributed by atoms with Crippen molar-refractivity contribution in [3.05, 3.63) is 18.2 Å². The Morgan fingerprint density at radius 1 is 1.65 bits per heavy atom. The Bertz CT molecular complexity index is 379. The second-order valence-corrected chi connectivity index (χ2v) is 4.47. The van der Waals surface area contributed by atoms with E-state index < -0.39 is 0 Å². The van der Waals surface area contributed by atoms with E-state index in [1.54, 1.807) is 17.1 Å². The second-order valence-electron chi connectivity index (χ2n) is 4.47. The first kappa shape index (κ1) is 14.0. The monoisotopic (exact) mass is 258 g/mol. The largest absolute Gasteiger partial charge is 0.348 e. The van der Waals surface area contributed by atoms with Gasteiger partial charge in [-0.05, 0) is 25.4 Å². The van der Waals surface area contributed by atoms with Crippen LogP contribution in [0.4, 0.5) is 0 Å². The van der Waals surface area contributed by atoms with Crippen molar-refractivity contribution in [2.24, 2.45) is 13.0 Å². The number of hydrogen-bond acceptors (Lipinski definition) is 3. The number of amides is 1. The Morgan fingerprint density at radius 3 is 3.00 bits per heavy atom. The summed E-state index contributed by atoms with van der Waals surface area (Å²) in [6.45, 7) is 4.08. The molecule has 0 aliphatic carbocycles. The molecule has 0 radical (unpaired) electrons. The van der Waals surface area contributed by atoms with Gasteiger partial charge < -0.3 is 15.2 Å². The van der Waals surface area contributed by atoms with E-state index in [9.17, 15) is 4.79 Å². The van der Waals surface area contributed by atoms with E-state index in [4.69, 9.17) is 0 Å². The molecule has 5 nitrogen and oxygen atoms in total. The van der Waals surface area contributed by atoms with Crippen molar-refractivity contribution in [1.82, 2.24) is 20.2 Å². The van der Waals surface area contributed by atoms with E-state index in [1.807, 2.05) is 7.05 Å². The zero-order valence-corrected chi connectivity index (χ0v) is 11.0. The van der Waals surface area contributed by atoms with Gasteiger partial charge in [-0.2, -0.15) is 0 Å². The number of hydrogen-bond donors (Lipinski definition) is 2. The van der Waals surface area contributed by atoms with E-state index >= 15 is 0 Å². The highest BCUT2D eigenvalue weighted by molar-refractivity contribution is 5.92. The van der Waals surface area contributed by atoms with Crippen molar-refractivity contribution < 1.29 is 4.79 Å². The minimum atomic E-state index is -0.0700. The molecule has 1 aromatic rings. The maximum Gasteiger partial charge on any atom is 0.271 e. The lowest BCUT2D eigenvalue weighted by Gasteiger charge is -2.29. The average molecular weight is 259 g/mol. The Hall–Kier alpha value is -1.07.